The van der Waals surface area contributed by atoms with Crippen molar-refractivity contribution in [2.45, 2.75) is 38.4 Å². The molecule has 0 bridgehead atoms. The van der Waals surface area contributed by atoms with Crippen LogP contribution in [0.1, 0.15) is 36.2 Å². The third kappa shape index (κ3) is 6.87. The minimum atomic E-state index is -4.22. The van der Waals surface area contributed by atoms with Gasteiger partial charge >= 0.3 is 6.18 Å². The lowest BCUT2D eigenvalue weighted by Crippen LogP contribution is -2.29. The summed E-state index contributed by atoms with van der Waals surface area (Å²) in [5.41, 5.74) is 0.930. The van der Waals surface area contributed by atoms with Gasteiger partial charge in [0.05, 0.1) is 12.5 Å². The number of carbonyl (C=O) groups is 2. The lowest BCUT2D eigenvalue weighted by Gasteiger charge is -2.16. The monoisotopic (exact) mass is 384 g/mol. The summed E-state index contributed by atoms with van der Waals surface area (Å²) in [5.74, 6) is -0.574. The first-order valence-electron chi connectivity index (χ1n) is 7.99. The number of hydrogen-bond acceptors (Lipinski definition) is 3. The van der Waals surface area contributed by atoms with Crippen LogP contribution >= 0.6 is 11.3 Å². The van der Waals surface area contributed by atoms with Gasteiger partial charge in [-0.05, 0) is 35.6 Å². The van der Waals surface area contributed by atoms with E-state index < -0.39 is 18.6 Å². The van der Waals surface area contributed by atoms with Crippen molar-refractivity contribution in [3.63, 3.8) is 0 Å². The number of aryl methyl sites for hydroxylation is 1. The van der Waals surface area contributed by atoms with E-state index in [2.05, 4.69) is 10.6 Å². The van der Waals surface area contributed by atoms with Gasteiger partial charge in [-0.3, -0.25) is 9.59 Å². The Morgan fingerprint density at radius 2 is 1.96 bits per heavy atom. The first-order valence-corrected chi connectivity index (χ1v) is 8.87. The molecule has 2 rings (SSSR count). The van der Waals surface area contributed by atoms with Crippen molar-refractivity contribution >= 4 is 28.8 Å². The van der Waals surface area contributed by atoms with Crippen molar-refractivity contribution in [3.8, 4) is 0 Å². The number of alkyl halides is 3. The smallest absolute Gasteiger partial charge is 0.348 e. The van der Waals surface area contributed by atoms with E-state index >= 15 is 0 Å². The minimum Gasteiger partial charge on any atom is -0.348 e. The van der Waals surface area contributed by atoms with Gasteiger partial charge in [0.1, 0.15) is 0 Å². The van der Waals surface area contributed by atoms with Gasteiger partial charge in [0.15, 0.2) is 0 Å². The molecule has 1 atom stereocenters. The molecule has 0 aliphatic carbocycles. The number of anilines is 1. The summed E-state index contributed by atoms with van der Waals surface area (Å²) < 4.78 is 37.0. The molecule has 1 heterocycles. The van der Waals surface area contributed by atoms with Crippen LogP contribution in [0.3, 0.4) is 0 Å². The SMILES string of the molecule is CC(=O)N[C@H](CC(=O)Nc1cccc(CCC(F)(F)F)c1)c1cccs1. The number of rotatable bonds is 7. The fourth-order valence-corrected chi connectivity index (χ4v) is 3.22. The van der Waals surface area contributed by atoms with Gasteiger partial charge in [-0.15, -0.1) is 11.3 Å². The lowest BCUT2D eigenvalue weighted by atomic mass is 10.1. The van der Waals surface area contributed by atoms with Gasteiger partial charge in [-0.2, -0.15) is 13.2 Å². The van der Waals surface area contributed by atoms with Crippen LogP contribution in [0.4, 0.5) is 18.9 Å². The predicted octanol–water partition coefficient (Wildman–Crippen LogP) is 4.45. The standard InChI is InChI=1S/C18H19F3N2O2S/c1-12(24)22-15(16-6-3-9-26-16)11-17(25)23-14-5-2-4-13(10-14)7-8-18(19,20)21/h2-6,9-10,15H,7-8,11H2,1H3,(H,22,24)(H,23,25)/t15-/m1/s1. The Kier molecular flexibility index (Phi) is 6.79. The first kappa shape index (κ1) is 20.0. The van der Waals surface area contributed by atoms with Crippen LogP contribution in [-0.2, 0) is 16.0 Å². The number of hydrogen-bond donors (Lipinski definition) is 2. The Bertz CT molecular complexity index is 745. The molecule has 140 valence electrons. The van der Waals surface area contributed by atoms with Gasteiger partial charge < -0.3 is 10.6 Å². The summed E-state index contributed by atoms with van der Waals surface area (Å²) >= 11 is 1.43. The summed E-state index contributed by atoms with van der Waals surface area (Å²) in [6.45, 7) is 1.38. The lowest BCUT2D eigenvalue weighted by molar-refractivity contribution is -0.134. The van der Waals surface area contributed by atoms with E-state index in [9.17, 15) is 22.8 Å². The quantitative estimate of drug-likeness (QED) is 0.741. The molecule has 1 aromatic carbocycles. The van der Waals surface area contributed by atoms with E-state index in [1.165, 1.54) is 24.3 Å². The Balaban J connectivity index is 1.98. The molecule has 0 saturated carbocycles. The molecule has 0 radical (unpaired) electrons. The van der Waals surface area contributed by atoms with Gasteiger partial charge in [-0.25, -0.2) is 0 Å². The molecule has 0 spiro atoms. The highest BCUT2D eigenvalue weighted by molar-refractivity contribution is 7.10. The second-order valence-corrected chi connectivity index (χ2v) is 6.82. The number of nitrogens with one attached hydrogen (secondary N) is 2. The largest absolute Gasteiger partial charge is 0.389 e. The zero-order valence-electron chi connectivity index (χ0n) is 14.1. The minimum absolute atomic E-state index is 0.0346. The van der Waals surface area contributed by atoms with Gasteiger partial charge in [0.25, 0.3) is 0 Å². The summed E-state index contributed by atoms with van der Waals surface area (Å²) in [6, 6.07) is 9.56. The molecule has 8 heteroatoms. The number of benzene rings is 1. The molecular weight excluding hydrogens is 365 g/mol. The zero-order chi connectivity index (χ0) is 19.2. The van der Waals surface area contributed by atoms with Crippen LogP contribution in [0.15, 0.2) is 41.8 Å². The van der Waals surface area contributed by atoms with E-state index in [4.69, 9.17) is 0 Å². The van der Waals surface area contributed by atoms with Gasteiger partial charge in [-0.1, -0.05) is 18.2 Å². The topological polar surface area (TPSA) is 58.2 Å². The number of thiophene rings is 1. The molecule has 26 heavy (non-hydrogen) atoms. The molecule has 0 fully saturated rings. The average Bonchev–Trinajstić information content (AvgIpc) is 3.06. The maximum absolute atomic E-state index is 12.3. The Morgan fingerprint density at radius 3 is 2.58 bits per heavy atom. The summed E-state index contributed by atoms with van der Waals surface area (Å²) in [4.78, 5) is 24.5. The molecule has 0 aliphatic heterocycles. The fraction of sp³-hybridized carbons (Fsp3) is 0.333. The van der Waals surface area contributed by atoms with Crippen molar-refractivity contribution in [1.29, 1.82) is 0 Å². The van der Waals surface area contributed by atoms with Gasteiger partial charge in [0.2, 0.25) is 11.8 Å². The van der Waals surface area contributed by atoms with Crippen LogP contribution in [0.5, 0.6) is 0 Å². The molecule has 0 saturated heterocycles. The van der Waals surface area contributed by atoms with Crippen LogP contribution in [0.25, 0.3) is 0 Å². The van der Waals surface area contributed by atoms with E-state index in [0.29, 0.717) is 11.3 Å². The third-order valence-electron chi connectivity index (χ3n) is 3.56. The van der Waals surface area contributed by atoms with Crippen molar-refractivity contribution in [2.75, 3.05) is 5.32 Å². The van der Waals surface area contributed by atoms with E-state index in [1.807, 2.05) is 17.5 Å². The van der Waals surface area contributed by atoms with Crippen molar-refractivity contribution in [3.05, 3.63) is 52.2 Å². The maximum Gasteiger partial charge on any atom is 0.389 e. The van der Waals surface area contributed by atoms with Crippen molar-refractivity contribution < 1.29 is 22.8 Å². The molecule has 1 aromatic heterocycles. The third-order valence-corrected chi connectivity index (χ3v) is 4.55. The molecule has 2 aromatic rings. The van der Waals surface area contributed by atoms with Gasteiger partial charge in [0, 0.05) is 23.9 Å². The Morgan fingerprint density at radius 1 is 1.19 bits per heavy atom. The molecule has 0 aliphatic rings. The maximum atomic E-state index is 12.3. The number of carbonyl (C=O) groups excluding carboxylic acids is 2. The Hall–Kier alpha value is -2.35. The highest BCUT2D eigenvalue weighted by Gasteiger charge is 2.26. The van der Waals surface area contributed by atoms with Crippen molar-refractivity contribution in [2.24, 2.45) is 0 Å². The van der Waals surface area contributed by atoms with Crippen LogP contribution in [0.2, 0.25) is 0 Å². The zero-order valence-corrected chi connectivity index (χ0v) is 14.9. The molecule has 2 amide bonds. The second-order valence-electron chi connectivity index (χ2n) is 5.84. The second kappa shape index (κ2) is 8.84. The highest BCUT2D eigenvalue weighted by Crippen LogP contribution is 2.24. The Labute approximate surface area is 153 Å². The van der Waals surface area contributed by atoms with Crippen LogP contribution in [0, 0.1) is 0 Å². The normalized spacial score (nSPS) is 12.5. The molecule has 4 nitrogen and oxygen atoms in total. The fourth-order valence-electron chi connectivity index (χ4n) is 2.45. The summed E-state index contributed by atoms with van der Waals surface area (Å²) in [5, 5.41) is 7.26. The van der Waals surface area contributed by atoms with E-state index in [1.54, 1.807) is 18.2 Å². The van der Waals surface area contributed by atoms with E-state index in [-0.39, 0.29) is 24.7 Å². The van der Waals surface area contributed by atoms with Crippen LogP contribution < -0.4 is 10.6 Å². The number of halogens is 3. The first-order chi connectivity index (χ1) is 12.2. The summed E-state index contributed by atoms with van der Waals surface area (Å²) in [6.07, 6.45) is -5.23. The molecular formula is C18H19F3N2O2S. The number of amides is 2. The van der Waals surface area contributed by atoms with E-state index in [0.717, 1.165) is 4.88 Å². The molecule has 2 N–H and O–H groups in total. The van der Waals surface area contributed by atoms with Crippen LogP contribution in [-0.4, -0.2) is 18.0 Å². The highest BCUT2D eigenvalue weighted by atomic mass is 32.1. The predicted molar refractivity (Wildman–Crippen MR) is 94.9 cm³/mol. The average molecular weight is 384 g/mol. The summed E-state index contributed by atoms with van der Waals surface area (Å²) in [7, 11) is 0. The molecule has 0 unspecified atom stereocenters. The van der Waals surface area contributed by atoms with Crippen molar-refractivity contribution in [1.82, 2.24) is 5.32 Å².